The Morgan fingerprint density at radius 2 is 1.88 bits per heavy atom. The van der Waals surface area contributed by atoms with Gasteiger partial charge in [0, 0.05) is 26.1 Å². The largest absolute Gasteiger partial charge is 0.377 e. The third kappa shape index (κ3) is 6.68. The van der Waals surface area contributed by atoms with E-state index >= 15 is 0 Å². The van der Waals surface area contributed by atoms with E-state index in [-0.39, 0.29) is 11.8 Å². The number of rotatable bonds is 10. The van der Waals surface area contributed by atoms with Gasteiger partial charge in [0.15, 0.2) is 0 Å². The minimum atomic E-state index is -0.0831. The number of amides is 2. The molecule has 1 aromatic heterocycles. The molecule has 134 valence electrons. The van der Waals surface area contributed by atoms with Gasteiger partial charge in [0.2, 0.25) is 5.91 Å². The molecule has 1 heterocycles. The van der Waals surface area contributed by atoms with E-state index in [4.69, 9.17) is 4.74 Å². The quantitative estimate of drug-likeness (QED) is 0.640. The fourth-order valence-electron chi connectivity index (χ4n) is 2.31. The molecule has 0 atom stereocenters. The lowest BCUT2D eigenvalue weighted by molar-refractivity contribution is -0.121. The summed E-state index contributed by atoms with van der Waals surface area (Å²) in [5, 5.41) is 7.61. The van der Waals surface area contributed by atoms with Gasteiger partial charge in [-0.05, 0) is 35.9 Å². The lowest BCUT2D eigenvalue weighted by Crippen LogP contribution is -2.27. The van der Waals surface area contributed by atoms with Crippen LogP contribution in [0.5, 0.6) is 0 Å². The van der Waals surface area contributed by atoms with Crippen LogP contribution in [0.3, 0.4) is 0 Å². The van der Waals surface area contributed by atoms with Crippen molar-refractivity contribution in [2.45, 2.75) is 32.9 Å². The van der Waals surface area contributed by atoms with Gasteiger partial charge < -0.3 is 15.4 Å². The summed E-state index contributed by atoms with van der Waals surface area (Å²) in [6.07, 6.45) is 1.00. The topological polar surface area (TPSA) is 67.4 Å². The SMILES string of the molecule is CCOCc1ccccc1CNC(=O)CCCNC(=O)c1cccs1. The maximum atomic E-state index is 12.0. The highest BCUT2D eigenvalue weighted by atomic mass is 32.1. The van der Waals surface area contributed by atoms with Gasteiger partial charge in [-0.25, -0.2) is 0 Å². The van der Waals surface area contributed by atoms with Crippen LogP contribution in [0.25, 0.3) is 0 Å². The van der Waals surface area contributed by atoms with Gasteiger partial charge in [-0.15, -0.1) is 11.3 Å². The molecule has 0 aliphatic heterocycles. The van der Waals surface area contributed by atoms with Gasteiger partial charge in [0.05, 0.1) is 11.5 Å². The molecular weight excluding hydrogens is 336 g/mol. The summed E-state index contributed by atoms with van der Waals surface area (Å²) in [5.74, 6) is -0.100. The molecule has 5 nitrogen and oxygen atoms in total. The molecule has 0 unspecified atom stereocenters. The molecule has 0 spiro atoms. The average Bonchev–Trinajstić information content (AvgIpc) is 3.17. The standard InChI is InChI=1S/C19H24N2O3S/c1-2-24-14-16-8-4-3-7-15(16)13-21-18(22)10-5-11-20-19(23)17-9-6-12-25-17/h3-4,6-9,12H,2,5,10-11,13-14H2,1H3,(H,20,23)(H,21,22). The maximum absolute atomic E-state index is 12.0. The van der Waals surface area contributed by atoms with Gasteiger partial charge in [-0.1, -0.05) is 30.3 Å². The molecule has 2 rings (SSSR count). The van der Waals surface area contributed by atoms with Crippen LogP contribution >= 0.6 is 11.3 Å². The number of hydrogen-bond donors (Lipinski definition) is 2. The van der Waals surface area contributed by atoms with E-state index < -0.39 is 0 Å². The van der Waals surface area contributed by atoms with Crippen molar-refractivity contribution in [3.8, 4) is 0 Å². The molecule has 2 aromatic rings. The third-order valence-corrected chi connectivity index (χ3v) is 4.54. The Kier molecular flexibility index (Phi) is 8.15. The fraction of sp³-hybridized carbons (Fsp3) is 0.368. The molecule has 6 heteroatoms. The lowest BCUT2D eigenvalue weighted by Gasteiger charge is -2.11. The van der Waals surface area contributed by atoms with Crippen LogP contribution in [0.15, 0.2) is 41.8 Å². The first-order valence-electron chi connectivity index (χ1n) is 8.43. The van der Waals surface area contributed by atoms with Crippen LogP contribution < -0.4 is 10.6 Å². The van der Waals surface area contributed by atoms with Crippen LogP contribution in [-0.4, -0.2) is 25.0 Å². The molecule has 1 aromatic carbocycles. The highest BCUT2D eigenvalue weighted by Gasteiger charge is 2.07. The molecule has 0 bridgehead atoms. The number of nitrogens with one attached hydrogen (secondary N) is 2. The van der Waals surface area contributed by atoms with Crippen molar-refractivity contribution in [2.75, 3.05) is 13.2 Å². The van der Waals surface area contributed by atoms with Gasteiger partial charge in [-0.2, -0.15) is 0 Å². The minimum Gasteiger partial charge on any atom is -0.377 e. The summed E-state index contributed by atoms with van der Waals surface area (Å²) in [6.45, 7) is 4.16. The summed E-state index contributed by atoms with van der Waals surface area (Å²) < 4.78 is 5.45. The van der Waals surface area contributed by atoms with Gasteiger partial charge >= 0.3 is 0 Å². The molecule has 2 amide bonds. The Labute approximate surface area is 152 Å². The molecule has 0 saturated carbocycles. The van der Waals surface area contributed by atoms with E-state index in [1.54, 1.807) is 6.07 Å². The highest BCUT2D eigenvalue weighted by Crippen LogP contribution is 2.10. The molecular formula is C19H24N2O3S. The molecule has 0 fully saturated rings. The van der Waals surface area contributed by atoms with Crippen LogP contribution in [0.1, 0.15) is 40.6 Å². The summed E-state index contributed by atoms with van der Waals surface area (Å²) in [6, 6.07) is 11.6. The zero-order valence-corrected chi connectivity index (χ0v) is 15.2. The zero-order valence-electron chi connectivity index (χ0n) is 14.4. The minimum absolute atomic E-state index is 0.0171. The van der Waals surface area contributed by atoms with Crippen molar-refractivity contribution < 1.29 is 14.3 Å². The highest BCUT2D eigenvalue weighted by molar-refractivity contribution is 7.12. The van der Waals surface area contributed by atoms with Crippen molar-refractivity contribution in [1.29, 1.82) is 0 Å². The Balaban J connectivity index is 1.66. The second kappa shape index (κ2) is 10.6. The van der Waals surface area contributed by atoms with Gasteiger partial charge in [-0.3, -0.25) is 9.59 Å². The van der Waals surface area contributed by atoms with E-state index in [2.05, 4.69) is 10.6 Å². The van der Waals surface area contributed by atoms with Crippen LogP contribution in [0.4, 0.5) is 0 Å². The Bertz CT molecular complexity index is 671. The van der Waals surface area contributed by atoms with Crippen molar-refractivity contribution in [3.05, 3.63) is 57.8 Å². The predicted molar refractivity (Wildman–Crippen MR) is 99.5 cm³/mol. The third-order valence-electron chi connectivity index (χ3n) is 3.67. The lowest BCUT2D eigenvalue weighted by atomic mass is 10.1. The predicted octanol–water partition coefficient (Wildman–Crippen LogP) is 3.11. The summed E-state index contributed by atoms with van der Waals surface area (Å²) >= 11 is 1.41. The summed E-state index contributed by atoms with van der Waals surface area (Å²) in [4.78, 5) is 24.4. The first kappa shape index (κ1) is 19.1. The van der Waals surface area contributed by atoms with E-state index in [9.17, 15) is 9.59 Å². The summed E-state index contributed by atoms with van der Waals surface area (Å²) in [7, 11) is 0. The second-order valence-corrected chi connectivity index (χ2v) is 6.47. The van der Waals surface area contributed by atoms with Crippen molar-refractivity contribution in [3.63, 3.8) is 0 Å². The van der Waals surface area contributed by atoms with Crippen LogP contribution in [-0.2, 0) is 22.7 Å². The van der Waals surface area contributed by atoms with Crippen LogP contribution in [0.2, 0.25) is 0 Å². The van der Waals surface area contributed by atoms with Crippen molar-refractivity contribution in [1.82, 2.24) is 10.6 Å². The zero-order chi connectivity index (χ0) is 17.9. The number of carbonyl (C=O) groups excluding carboxylic acids is 2. The van der Waals surface area contributed by atoms with Crippen molar-refractivity contribution in [2.24, 2.45) is 0 Å². The van der Waals surface area contributed by atoms with E-state index in [0.717, 1.165) is 11.1 Å². The first-order valence-corrected chi connectivity index (χ1v) is 9.31. The number of hydrogen-bond acceptors (Lipinski definition) is 4. The number of benzene rings is 1. The molecule has 25 heavy (non-hydrogen) atoms. The second-order valence-electron chi connectivity index (χ2n) is 5.52. The van der Waals surface area contributed by atoms with Crippen molar-refractivity contribution >= 4 is 23.2 Å². The first-order chi connectivity index (χ1) is 12.2. The van der Waals surface area contributed by atoms with Gasteiger partial charge in [0.25, 0.3) is 5.91 Å². The molecule has 0 radical (unpaired) electrons. The number of ether oxygens (including phenoxy) is 1. The van der Waals surface area contributed by atoms with E-state index in [1.165, 1.54) is 11.3 Å². The maximum Gasteiger partial charge on any atom is 0.261 e. The number of carbonyl (C=O) groups is 2. The monoisotopic (exact) mass is 360 g/mol. The Morgan fingerprint density at radius 3 is 2.60 bits per heavy atom. The van der Waals surface area contributed by atoms with Gasteiger partial charge in [0.1, 0.15) is 0 Å². The molecule has 0 saturated heterocycles. The normalized spacial score (nSPS) is 10.4. The molecule has 2 N–H and O–H groups in total. The number of thiophene rings is 1. The van der Waals surface area contributed by atoms with E-state index in [0.29, 0.717) is 44.0 Å². The molecule has 0 aliphatic rings. The van der Waals surface area contributed by atoms with Crippen LogP contribution in [0, 0.1) is 0 Å². The summed E-state index contributed by atoms with van der Waals surface area (Å²) in [5.41, 5.74) is 2.16. The smallest absolute Gasteiger partial charge is 0.261 e. The molecule has 0 aliphatic carbocycles. The Hall–Kier alpha value is -2.18. The van der Waals surface area contributed by atoms with E-state index in [1.807, 2.05) is 42.6 Å². The Morgan fingerprint density at radius 1 is 1.08 bits per heavy atom. The average molecular weight is 360 g/mol. The fourth-order valence-corrected chi connectivity index (χ4v) is 2.95.